The van der Waals surface area contributed by atoms with Gasteiger partial charge in [-0.05, 0) is 19.3 Å². The average Bonchev–Trinajstić information content (AvgIpc) is 2.74. The molecule has 0 aromatic heterocycles. The van der Waals surface area contributed by atoms with E-state index in [0.29, 0.717) is 13.0 Å². The molecular weight excluding hydrogens is 230 g/mol. The van der Waals surface area contributed by atoms with E-state index in [0.717, 1.165) is 32.2 Å². The van der Waals surface area contributed by atoms with Crippen LogP contribution in [0.1, 0.15) is 25.7 Å². The first kappa shape index (κ1) is 12.4. The Kier molecular flexibility index (Phi) is 3.54. The molecule has 2 atom stereocenters. The minimum absolute atomic E-state index is 0.157. The number of rotatable bonds is 2. The van der Waals surface area contributed by atoms with Crippen LogP contribution in [-0.2, 0) is 4.79 Å². The fourth-order valence-corrected chi connectivity index (χ4v) is 3.18. The van der Waals surface area contributed by atoms with E-state index in [1.54, 1.807) is 0 Å². The molecule has 3 aliphatic rings. The number of β-amino-alcohol motifs (C(OH)–C–C–N with tert-alkyl or cyclic N) is 1. The van der Waals surface area contributed by atoms with Gasteiger partial charge in [0.15, 0.2) is 0 Å². The zero-order valence-electron chi connectivity index (χ0n) is 10.8. The van der Waals surface area contributed by atoms with E-state index < -0.39 is 0 Å². The Balaban J connectivity index is 1.48. The summed E-state index contributed by atoms with van der Waals surface area (Å²) in [5.41, 5.74) is 0. The molecule has 5 nitrogen and oxygen atoms in total. The molecule has 1 aliphatic carbocycles. The SMILES string of the molecule is O=C([C@@H]1C[C@@H](O)CN1)N1CCN(C2CCC2)CC1. The molecule has 102 valence electrons. The summed E-state index contributed by atoms with van der Waals surface area (Å²) in [5.74, 6) is 0.180. The topological polar surface area (TPSA) is 55.8 Å². The van der Waals surface area contributed by atoms with Crippen molar-refractivity contribution in [1.82, 2.24) is 15.1 Å². The maximum absolute atomic E-state index is 12.2. The van der Waals surface area contributed by atoms with Crippen LogP contribution in [0.4, 0.5) is 0 Å². The molecule has 0 bridgehead atoms. The molecule has 18 heavy (non-hydrogen) atoms. The number of amides is 1. The van der Waals surface area contributed by atoms with Crippen molar-refractivity contribution in [1.29, 1.82) is 0 Å². The highest BCUT2D eigenvalue weighted by atomic mass is 16.3. The Morgan fingerprint density at radius 3 is 2.39 bits per heavy atom. The molecule has 2 heterocycles. The van der Waals surface area contributed by atoms with Gasteiger partial charge in [-0.15, -0.1) is 0 Å². The van der Waals surface area contributed by atoms with Crippen molar-refractivity contribution in [2.45, 2.75) is 43.9 Å². The Labute approximate surface area is 108 Å². The smallest absolute Gasteiger partial charge is 0.239 e. The van der Waals surface area contributed by atoms with Crippen LogP contribution in [0.2, 0.25) is 0 Å². The van der Waals surface area contributed by atoms with Crippen LogP contribution in [0.25, 0.3) is 0 Å². The van der Waals surface area contributed by atoms with E-state index >= 15 is 0 Å². The van der Waals surface area contributed by atoms with E-state index in [1.165, 1.54) is 19.3 Å². The lowest BCUT2D eigenvalue weighted by molar-refractivity contribution is -0.135. The van der Waals surface area contributed by atoms with Gasteiger partial charge in [0, 0.05) is 38.8 Å². The predicted octanol–water partition coefficient (Wildman–Crippen LogP) is -0.594. The zero-order valence-corrected chi connectivity index (χ0v) is 10.8. The average molecular weight is 253 g/mol. The standard InChI is InChI=1S/C13H23N3O2/c17-11-8-12(14-9-11)13(18)16-6-4-15(5-7-16)10-2-1-3-10/h10-12,14,17H,1-9H2/t11-,12+/m1/s1. The van der Waals surface area contributed by atoms with Crippen molar-refractivity contribution in [3.05, 3.63) is 0 Å². The third kappa shape index (κ3) is 2.39. The summed E-state index contributed by atoms with van der Waals surface area (Å²) in [7, 11) is 0. The minimum Gasteiger partial charge on any atom is -0.392 e. The molecule has 0 spiro atoms. The second-order valence-electron chi connectivity index (χ2n) is 5.80. The fraction of sp³-hybridized carbons (Fsp3) is 0.923. The van der Waals surface area contributed by atoms with Crippen molar-refractivity contribution >= 4 is 5.91 Å². The number of nitrogens with one attached hydrogen (secondary N) is 1. The van der Waals surface area contributed by atoms with E-state index in [-0.39, 0.29) is 18.1 Å². The lowest BCUT2D eigenvalue weighted by Gasteiger charge is -2.43. The largest absolute Gasteiger partial charge is 0.392 e. The van der Waals surface area contributed by atoms with Crippen molar-refractivity contribution in [3.8, 4) is 0 Å². The first-order valence-electron chi connectivity index (χ1n) is 7.18. The monoisotopic (exact) mass is 253 g/mol. The number of aliphatic hydroxyl groups excluding tert-OH is 1. The summed E-state index contributed by atoms with van der Waals surface area (Å²) in [6, 6.07) is 0.629. The third-order valence-corrected chi connectivity index (χ3v) is 4.62. The number of hydrogen-bond acceptors (Lipinski definition) is 4. The number of aliphatic hydroxyl groups is 1. The number of nitrogens with zero attached hydrogens (tertiary/aromatic N) is 2. The molecule has 0 aromatic carbocycles. The van der Waals surface area contributed by atoms with E-state index in [4.69, 9.17) is 0 Å². The molecule has 5 heteroatoms. The summed E-state index contributed by atoms with van der Waals surface area (Å²) < 4.78 is 0. The Hall–Kier alpha value is -0.650. The molecule has 0 radical (unpaired) electrons. The quantitative estimate of drug-likeness (QED) is 0.690. The van der Waals surface area contributed by atoms with E-state index in [9.17, 15) is 9.90 Å². The molecule has 1 amide bonds. The molecule has 1 saturated carbocycles. The zero-order chi connectivity index (χ0) is 12.5. The summed E-state index contributed by atoms with van der Waals surface area (Å²) in [4.78, 5) is 16.7. The van der Waals surface area contributed by atoms with Crippen LogP contribution in [0, 0.1) is 0 Å². The number of piperazine rings is 1. The summed E-state index contributed by atoms with van der Waals surface area (Å²) >= 11 is 0. The van der Waals surface area contributed by atoms with Crippen LogP contribution in [0.3, 0.4) is 0 Å². The number of hydrogen-bond donors (Lipinski definition) is 2. The molecule has 2 N–H and O–H groups in total. The lowest BCUT2D eigenvalue weighted by Crippen LogP contribution is -2.56. The normalized spacial score (nSPS) is 34.6. The summed E-state index contributed by atoms with van der Waals surface area (Å²) in [6.07, 6.45) is 4.26. The second-order valence-corrected chi connectivity index (χ2v) is 5.80. The van der Waals surface area contributed by atoms with Gasteiger partial charge in [-0.2, -0.15) is 0 Å². The highest BCUT2D eigenvalue weighted by Crippen LogP contribution is 2.25. The predicted molar refractivity (Wildman–Crippen MR) is 68.2 cm³/mol. The lowest BCUT2D eigenvalue weighted by atomic mass is 9.91. The van der Waals surface area contributed by atoms with Crippen LogP contribution in [-0.4, -0.2) is 71.7 Å². The van der Waals surface area contributed by atoms with Crippen LogP contribution < -0.4 is 5.32 Å². The maximum Gasteiger partial charge on any atom is 0.239 e. The minimum atomic E-state index is -0.352. The molecule has 3 rings (SSSR count). The molecule has 0 unspecified atom stereocenters. The van der Waals surface area contributed by atoms with Crippen LogP contribution in [0.15, 0.2) is 0 Å². The Bertz CT molecular complexity index is 311. The molecule has 0 aromatic rings. The van der Waals surface area contributed by atoms with Crippen LogP contribution in [0.5, 0.6) is 0 Å². The third-order valence-electron chi connectivity index (χ3n) is 4.62. The van der Waals surface area contributed by atoms with Crippen molar-refractivity contribution < 1.29 is 9.90 Å². The molecular formula is C13H23N3O2. The highest BCUT2D eigenvalue weighted by Gasteiger charge is 2.34. The van der Waals surface area contributed by atoms with Gasteiger partial charge in [-0.3, -0.25) is 9.69 Å². The molecule has 2 aliphatic heterocycles. The van der Waals surface area contributed by atoms with E-state index in [2.05, 4.69) is 10.2 Å². The van der Waals surface area contributed by atoms with Crippen molar-refractivity contribution in [2.75, 3.05) is 32.7 Å². The first-order chi connectivity index (χ1) is 8.74. The van der Waals surface area contributed by atoms with Crippen LogP contribution >= 0.6 is 0 Å². The number of carbonyl (C=O) groups excluding carboxylic acids is 1. The van der Waals surface area contributed by atoms with Gasteiger partial charge in [-0.1, -0.05) is 6.42 Å². The van der Waals surface area contributed by atoms with Gasteiger partial charge in [0.05, 0.1) is 12.1 Å². The van der Waals surface area contributed by atoms with Gasteiger partial charge in [-0.25, -0.2) is 0 Å². The maximum atomic E-state index is 12.2. The van der Waals surface area contributed by atoms with E-state index in [1.807, 2.05) is 4.90 Å². The van der Waals surface area contributed by atoms with Gasteiger partial charge in [0.2, 0.25) is 5.91 Å². The highest BCUT2D eigenvalue weighted by molar-refractivity contribution is 5.82. The summed E-state index contributed by atoms with van der Waals surface area (Å²) in [6.45, 7) is 4.29. The van der Waals surface area contributed by atoms with Gasteiger partial charge < -0.3 is 15.3 Å². The fourth-order valence-electron chi connectivity index (χ4n) is 3.18. The van der Waals surface area contributed by atoms with Gasteiger partial charge in [0.25, 0.3) is 0 Å². The Morgan fingerprint density at radius 1 is 1.17 bits per heavy atom. The first-order valence-corrected chi connectivity index (χ1v) is 7.18. The molecule has 2 saturated heterocycles. The second kappa shape index (κ2) is 5.15. The van der Waals surface area contributed by atoms with Gasteiger partial charge in [0.1, 0.15) is 0 Å². The Morgan fingerprint density at radius 2 is 1.89 bits per heavy atom. The van der Waals surface area contributed by atoms with Crippen molar-refractivity contribution in [2.24, 2.45) is 0 Å². The molecule has 3 fully saturated rings. The summed E-state index contributed by atoms with van der Waals surface area (Å²) in [5, 5.41) is 12.6. The van der Waals surface area contributed by atoms with Crippen molar-refractivity contribution in [3.63, 3.8) is 0 Å². The van der Waals surface area contributed by atoms with Gasteiger partial charge >= 0.3 is 0 Å². The number of carbonyl (C=O) groups is 1.